The minimum absolute atomic E-state index is 0. The summed E-state index contributed by atoms with van der Waals surface area (Å²) in [5, 5.41) is 0. The molecule has 0 fully saturated rings. The molecule has 20 heavy (non-hydrogen) atoms. The summed E-state index contributed by atoms with van der Waals surface area (Å²) < 4.78 is 4.44. The molecule has 0 N–H and O–H groups in total. The average Bonchev–Trinajstić information content (AvgIpc) is 2.31. The van der Waals surface area contributed by atoms with E-state index < -0.39 is 3.79 Å². The molecule has 6 heteroatoms. The van der Waals surface area contributed by atoms with E-state index in [0.717, 1.165) is 38.7 Å². The van der Waals surface area contributed by atoms with Crippen LogP contribution in [0, 0.1) is 0 Å². The van der Waals surface area contributed by atoms with E-state index in [2.05, 4.69) is 6.92 Å². The molecule has 0 saturated heterocycles. The maximum absolute atomic E-state index is 6.09. The fourth-order valence-corrected chi connectivity index (χ4v) is 2.45. The van der Waals surface area contributed by atoms with Gasteiger partial charge >= 0.3 is 0 Å². The zero-order valence-corrected chi connectivity index (χ0v) is 16.9. The van der Waals surface area contributed by atoms with Crippen LogP contribution in [0.5, 0.6) is 0 Å². The van der Waals surface area contributed by atoms with Gasteiger partial charge in [0.2, 0.25) is 0 Å². The van der Waals surface area contributed by atoms with Gasteiger partial charge in [0.15, 0.2) is 3.79 Å². The molecule has 0 rings (SSSR count). The summed E-state index contributed by atoms with van der Waals surface area (Å²) in [4.78, 5) is 0. The van der Waals surface area contributed by atoms with Crippen LogP contribution < -0.4 is 0 Å². The van der Waals surface area contributed by atoms with E-state index in [0.29, 0.717) is 6.42 Å². The van der Waals surface area contributed by atoms with Crippen molar-refractivity contribution in [1.29, 1.82) is 0 Å². The number of alkyl halides is 4. The number of rotatable bonds is 12. The summed E-state index contributed by atoms with van der Waals surface area (Å²) in [6.07, 6.45) is 10.7. The molecular formula is C14H26Cl4OTi. The fourth-order valence-electron chi connectivity index (χ4n) is 1.81. The van der Waals surface area contributed by atoms with Crippen LogP contribution in [0.4, 0.5) is 0 Å². The van der Waals surface area contributed by atoms with Gasteiger partial charge in [-0.15, -0.1) is 0 Å². The first kappa shape index (κ1) is 24.1. The van der Waals surface area contributed by atoms with Gasteiger partial charge in [-0.05, 0) is 32.1 Å². The predicted octanol–water partition coefficient (Wildman–Crippen LogP) is 6.86. The second-order valence-corrected chi connectivity index (χ2v) is 7.91. The molecule has 0 radical (unpaired) electrons. The third-order valence-corrected chi connectivity index (χ3v) is 3.85. The fraction of sp³-hybridized carbons (Fsp3) is 1.00. The van der Waals surface area contributed by atoms with Gasteiger partial charge in [0, 0.05) is 28.3 Å². The smallest absolute Gasteiger partial charge is 0.190 e. The topological polar surface area (TPSA) is 9.23 Å². The van der Waals surface area contributed by atoms with Crippen molar-refractivity contribution in [3.05, 3.63) is 0 Å². The molecule has 0 amide bonds. The molecular weight excluding hydrogens is 374 g/mol. The molecule has 120 valence electrons. The van der Waals surface area contributed by atoms with Crippen LogP contribution in [-0.2, 0) is 26.5 Å². The first-order chi connectivity index (χ1) is 8.95. The third kappa shape index (κ3) is 19.8. The molecule has 0 heterocycles. The molecule has 0 aliphatic heterocycles. The summed E-state index contributed by atoms with van der Waals surface area (Å²) in [6.45, 7) is 2.99. The van der Waals surface area contributed by atoms with Gasteiger partial charge in [0.1, 0.15) is 5.56 Å². The summed E-state index contributed by atoms with van der Waals surface area (Å²) in [6, 6.07) is 0. The maximum Gasteiger partial charge on any atom is 0.190 e. The second-order valence-electron chi connectivity index (χ2n) is 4.91. The Kier molecular flexibility index (Phi) is 18.9. The SMILES string of the molecule is CCCCCCCOC(Cl)CCCCCC(Cl)(Cl)Cl.[Ti]. The Morgan fingerprint density at radius 3 is 2.10 bits per heavy atom. The van der Waals surface area contributed by atoms with Crippen molar-refractivity contribution < 1.29 is 26.5 Å². The monoisotopic (exact) mass is 398 g/mol. The standard InChI is InChI=1S/C14H26Cl4O.Ti/c1-2-3-4-5-9-12-19-13(15)10-7-6-8-11-14(16,17)18;/h13H,2-12H2,1H3;. The Morgan fingerprint density at radius 1 is 0.900 bits per heavy atom. The van der Waals surface area contributed by atoms with Gasteiger partial charge in [-0.3, -0.25) is 0 Å². The van der Waals surface area contributed by atoms with E-state index in [9.17, 15) is 0 Å². The minimum Gasteiger partial charge on any atom is -0.362 e. The first-order valence-corrected chi connectivity index (χ1v) is 8.85. The van der Waals surface area contributed by atoms with Crippen LogP contribution >= 0.6 is 46.4 Å². The van der Waals surface area contributed by atoms with Gasteiger partial charge in [0.05, 0.1) is 0 Å². The second kappa shape index (κ2) is 15.7. The Labute approximate surface area is 159 Å². The van der Waals surface area contributed by atoms with E-state index in [1.807, 2.05) is 0 Å². The van der Waals surface area contributed by atoms with Gasteiger partial charge in [-0.2, -0.15) is 0 Å². The zero-order valence-electron chi connectivity index (χ0n) is 12.3. The van der Waals surface area contributed by atoms with Crippen LogP contribution in [0.25, 0.3) is 0 Å². The molecule has 0 aromatic heterocycles. The molecule has 1 nitrogen and oxygen atoms in total. The molecule has 0 saturated carbocycles. The zero-order chi connectivity index (χ0) is 14.6. The van der Waals surface area contributed by atoms with E-state index in [1.165, 1.54) is 25.7 Å². The van der Waals surface area contributed by atoms with Crippen molar-refractivity contribution in [2.75, 3.05) is 6.61 Å². The maximum atomic E-state index is 6.09. The molecule has 0 spiro atoms. The molecule has 0 bridgehead atoms. The van der Waals surface area contributed by atoms with Crippen LogP contribution in [0.2, 0.25) is 0 Å². The first-order valence-electron chi connectivity index (χ1n) is 7.28. The van der Waals surface area contributed by atoms with Crippen LogP contribution in [0.1, 0.15) is 71.1 Å². The van der Waals surface area contributed by atoms with Crippen molar-refractivity contribution in [2.45, 2.75) is 80.5 Å². The number of hydrogen-bond acceptors (Lipinski definition) is 1. The Hall–Kier alpha value is 1.83. The quantitative estimate of drug-likeness (QED) is 0.198. The molecule has 1 atom stereocenters. The van der Waals surface area contributed by atoms with Gasteiger partial charge in [0.25, 0.3) is 0 Å². The normalized spacial score (nSPS) is 13.1. The molecule has 1 unspecified atom stereocenters. The van der Waals surface area contributed by atoms with E-state index in [-0.39, 0.29) is 27.3 Å². The molecule has 0 aromatic carbocycles. The summed E-state index contributed by atoms with van der Waals surface area (Å²) in [5.74, 6) is 0. The van der Waals surface area contributed by atoms with Gasteiger partial charge in [-0.25, -0.2) is 0 Å². The summed E-state index contributed by atoms with van der Waals surface area (Å²) >= 11 is 23.1. The number of hydrogen-bond donors (Lipinski definition) is 0. The van der Waals surface area contributed by atoms with Gasteiger partial charge in [-0.1, -0.05) is 85.4 Å². The number of halogens is 4. The van der Waals surface area contributed by atoms with E-state index in [1.54, 1.807) is 0 Å². The number of unbranched alkanes of at least 4 members (excludes halogenated alkanes) is 6. The van der Waals surface area contributed by atoms with Gasteiger partial charge < -0.3 is 4.74 Å². The average molecular weight is 400 g/mol. The third-order valence-electron chi connectivity index (χ3n) is 2.94. The van der Waals surface area contributed by atoms with Crippen molar-refractivity contribution in [3.8, 4) is 0 Å². The van der Waals surface area contributed by atoms with Crippen molar-refractivity contribution >= 4 is 46.4 Å². The van der Waals surface area contributed by atoms with Crippen LogP contribution in [0.3, 0.4) is 0 Å². The minimum atomic E-state index is -1.12. The molecule has 0 aliphatic rings. The van der Waals surface area contributed by atoms with E-state index in [4.69, 9.17) is 51.1 Å². The number of ether oxygens (including phenoxy) is 1. The van der Waals surface area contributed by atoms with Crippen molar-refractivity contribution in [3.63, 3.8) is 0 Å². The van der Waals surface area contributed by atoms with Crippen molar-refractivity contribution in [1.82, 2.24) is 0 Å². The summed E-state index contributed by atoms with van der Waals surface area (Å²) in [7, 11) is 0. The molecule has 0 aliphatic carbocycles. The largest absolute Gasteiger partial charge is 0.362 e. The predicted molar refractivity (Wildman–Crippen MR) is 87.7 cm³/mol. The van der Waals surface area contributed by atoms with E-state index >= 15 is 0 Å². The summed E-state index contributed by atoms with van der Waals surface area (Å²) in [5.41, 5.74) is -0.168. The Balaban J connectivity index is 0. The Morgan fingerprint density at radius 2 is 1.50 bits per heavy atom. The molecule has 0 aromatic rings. The van der Waals surface area contributed by atoms with Crippen LogP contribution in [0.15, 0.2) is 0 Å². The Bertz CT molecular complexity index is 200. The van der Waals surface area contributed by atoms with Crippen molar-refractivity contribution in [2.24, 2.45) is 0 Å². The van der Waals surface area contributed by atoms with Crippen LogP contribution in [-0.4, -0.2) is 16.0 Å².